The minimum absolute atomic E-state index is 0.100. The Hall–Kier alpha value is -4.14. The highest BCUT2D eigenvalue weighted by Gasteiger charge is 2.36. The van der Waals surface area contributed by atoms with Crippen molar-refractivity contribution in [2.24, 2.45) is 0 Å². The molecule has 0 aromatic heterocycles. The predicted molar refractivity (Wildman–Crippen MR) is 149 cm³/mol. The van der Waals surface area contributed by atoms with Crippen molar-refractivity contribution < 1.29 is 16.8 Å². The molecular formula is C30H26N2O4S2. The van der Waals surface area contributed by atoms with E-state index in [1.54, 1.807) is 97.1 Å². The third kappa shape index (κ3) is 4.76. The van der Waals surface area contributed by atoms with Gasteiger partial charge >= 0.3 is 0 Å². The van der Waals surface area contributed by atoms with Gasteiger partial charge in [0.2, 0.25) is 0 Å². The Labute approximate surface area is 223 Å². The molecule has 4 aromatic rings. The van der Waals surface area contributed by atoms with Crippen LogP contribution < -0.4 is 0 Å². The van der Waals surface area contributed by atoms with Gasteiger partial charge in [0.15, 0.2) is 0 Å². The summed E-state index contributed by atoms with van der Waals surface area (Å²) in [6, 6.07) is 30.9. The number of nitrogens with zero attached hydrogens (tertiary/aromatic N) is 2. The Kier molecular flexibility index (Phi) is 6.69. The Balaban J connectivity index is 1.76. The van der Waals surface area contributed by atoms with E-state index in [9.17, 15) is 16.8 Å². The van der Waals surface area contributed by atoms with Crippen LogP contribution in [-0.4, -0.2) is 25.4 Å². The van der Waals surface area contributed by atoms with E-state index in [1.165, 1.54) is 12.4 Å². The van der Waals surface area contributed by atoms with Crippen molar-refractivity contribution in [2.45, 2.75) is 23.6 Å². The maximum Gasteiger partial charge on any atom is 0.268 e. The third-order valence-corrected chi connectivity index (χ3v) is 9.62. The van der Waals surface area contributed by atoms with E-state index in [4.69, 9.17) is 0 Å². The first kappa shape index (κ1) is 25.5. The minimum Gasteiger partial charge on any atom is -0.237 e. The molecule has 1 aliphatic heterocycles. The van der Waals surface area contributed by atoms with E-state index in [0.29, 0.717) is 11.1 Å². The van der Waals surface area contributed by atoms with Gasteiger partial charge in [-0.15, -0.1) is 0 Å². The molecule has 1 aliphatic rings. The van der Waals surface area contributed by atoms with Crippen LogP contribution in [0.1, 0.15) is 22.3 Å². The number of hydrogen-bond donors (Lipinski definition) is 0. The Bertz CT molecular complexity index is 1600. The second-order valence-corrected chi connectivity index (χ2v) is 12.6. The van der Waals surface area contributed by atoms with Crippen LogP contribution >= 0.6 is 0 Å². The van der Waals surface area contributed by atoms with Gasteiger partial charge in [0, 0.05) is 23.5 Å². The maximum absolute atomic E-state index is 14.0. The number of sulfonamides is 2. The van der Waals surface area contributed by atoms with Gasteiger partial charge in [-0.25, -0.2) is 25.4 Å². The monoisotopic (exact) mass is 542 g/mol. The van der Waals surface area contributed by atoms with Crippen LogP contribution in [0.3, 0.4) is 0 Å². The standard InChI is InChI=1S/C30H26N2O4S2/c1-23-13-17-27(18-14-23)37(33,34)31-21-30(26-11-7-4-8-12-26)32(22-29(31)25-9-5-3-6-10-25)38(35,36)28-19-15-24(2)16-20-28/h3-22H,1-2H3. The summed E-state index contributed by atoms with van der Waals surface area (Å²) in [5.41, 5.74) is 3.38. The second-order valence-electron chi connectivity index (χ2n) is 8.99. The molecule has 0 fully saturated rings. The zero-order valence-electron chi connectivity index (χ0n) is 20.9. The van der Waals surface area contributed by atoms with Crippen molar-refractivity contribution in [1.29, 1.82) is 0 Å². The van der Waals surface area contributed by atoms with Crippen molar-refractivity contribution >= 4 is 31.4 Å². The fourth-order valence-electron chi connectivity index (χ4n) is 4.14. The highest BCUT2D eigenvalue weighted by molar-refractivity contribution is 7.90. The second kappa shape index (κ2) is 9.96. The van der Waals surface area contributed by atoms with Crippen molar-refractivity contribution in [3.05, 3.63) is 144 Å². The Morgan fingerprint density at radius 2 is 0.763 bits per heavy atom. The van der Waals surface area contributed by atoms with Gasteiger partial charge in [-0.3, -0.25) is 0 Å². The van der Waals surface area contributed by atoms with Gasteiger partial charge in [0.05, 0.1) is 21.2 Å². The lowest BCUT2D eigenvalue weighted by atomic mass is 10.1. The zero-order valence-corrected chi connectivity index (χ0v) is 22.5. The van der Waals surface area contributed by atoms with E-state index < -0.39 is 20.0 Å². The Morgan fingerprint density at radius 1 is 0.447 bits per heavy atom. The summed E-state index contributed by atoms with van der Waals surface area (Å²) in [4.78, 5) is 0.201. The van der Waals surface area contributed by atoms with Crippen LogP contribution in [0.5, 0.6) is 0 Å². The van der Waals surface area contributed by atoms with Crippen molar-refractivity contribution in [2.75, 3.05) is 0 Å². The average molecular weight is 543 g/mol. The molecule has 0 unspecified atom stereocenters. The van der Waals surface area contributed by atoms with Gasteiger partial charge in [-0.05, 0) is 38.1 Å². The number of aryl methyl sites for hydroxylation is 2. The van der Waals surface area contributed by atoms with Crippen molar-refractivity contribution in [3.63, 3.8) is 0 Å². The van der Waals surface area contributed by atoms with Crippen LogP contribution in [0.2, 0.25) is 0 Å². The first-order chi connectivity index (χ1) is 18.2. The van der Waals surface area contributed by atoms with E-state index in [2.05, 4.69) is 0 Å². The van der Waals surface area contributed by atoms with Crippen LogP contribution in [-0.2, 0) is 20.0 Å². The quantitative estimate of drug-likeness (QED) is 0.300. The van der Waals surface area contributed by atoms with Gasteiger partial charge in [0.1, 0.15) is 0 Å². The molecule has 0 spiro atoms. The van der Waals surface area contributed by atoms with Crippen molar-refractivity contribution in [1.82, 2.24) is 8.61 Å². The summed E-state index contributed by atoms with van der Waals surface area (Å²) in [5.74, 6) is 0. The van der Waals surface area contributed by atoms with Crippen LogP contribution in [0, 0.1) is 13.8 Å². The molecule has 0 aliphatic carbocycles. The molecular weight excluding hydrogens is 516 g/mol. The predicted octanol–water partition coefficient (Wildman–Crippen LogP) is 6.00. The lowest BCUT2D eigenvalue weighted by Gasteiger charge is -2.34. The van der Waals surface area contributed by atoms with Crippen LogP contribution in [0.4, 0.5) is 0 Å². The first-order valence-corrected chi connectivity index (χ1v) is 14.8. The molecule has 0 bridgehead atoms. The normalized spacial score (nSPS) is 14.2. The van der Waals surface area contributed by atoms with Gasteiger partial charge in [0.25, 0.3) is 20.0 Å². The molecule has 192 valence electrons. The zero-order chi connectivity index (χ0) is 26.9. The molecule has 1 heterocycles. The Morgan fingerprint density at radius 3 is 1.08 bits per heavy atom. The molecule has 0 saturated heterocycles. The summed E-state index contributed by atoms with van der Waals surface area (Å²) < 4.78 is 58.3. The molecule has 38 heavy (non-hydrogen) atoms. The fourth-order valence-corrected chi connectivity index (χ4v) is 6.86. The topological polar surface area (TPSA) is 74.8 Å². The molecule has 6 nitrogen and oxygen atoms in total. The maximum atomic E-state index is 14.0. The smallest absolute Gasteiger partial charge is 0.237 e. The summed E-state index contributed by atoms with van der Waals surface area (Å²) in [6.07, 6.45) is 2.77. The van der Waals surface area contributed by atoms with Crippen LogP contribution in [0.25, 0.3) is 11.4 Å². The number of hydrogen-bond acceptors (Lipinski definition) is 4. The van der Waals surface area contributed by atoms with Gasteiger partial charge in [-0.1, -0.05) is 96.1 Å². The van der Waals surface area contributed by atoms with Crippen molar-refractivity contribution in [3.8, 4) is 0 Å². The highest BCUT2D eigenvalue weighted by atomic mass is 32.2. The summed E-state index contributed by atoms with van der Waals surface area (Å²) in [7, 11) is -8.18. The molecule has 0 atom stereocenters. The fraction of sp³-hybridized carbons (Fsp3) is 0.0667. The molecule has 0 radical (unpaired) electrons. The summed E-state index contributed by atoms with van der Waals surface area (Å²) in [5, 5.41) is 0. The SMILES string of the molecule is Cc1ccc(S(=O)(=O)N2C=C(c3ccccc3)N(S(=O)(=O)c3ccc(C)cc3)C=C2c2ccccc2)cc1. The molecule has 0 amide bonds. The van der Waals surface area contributed by atoms with E-state index in [0.717, 1.165) is 19.7 Å². The third-order valence-electron chi connectivity index (χ3n) is 6.25. The molecule has 5 rings (SSSR count). The molecule has 4 aromatic carbocycles. The lowest BCUT2D eigenvalue weighted by molar-refractivity contribution is 0.537. The summed E-state index contributed by atoms with van der Waals surface area (Å²) >= 11 is 0. The minimum atomic E-state index is -4.09. The van der Waals surface area contributed by atoms with E-state index in [-0.39, 0.29) is 21.2 Å². The molecule has 0 saturated carbocycles. The van der Waals surface area contributed by atoms with Gasteiger partial charge in [-0.2, -0.15) is 0 Å². The number of benzene rings is 4. The van der Waals surface area contributed by atoms with E-state index in [1.807, 2.05) is 26.0 Å². The molecule has 8 heteroatoms. The lowest BCUT2D eigenvalue weighted by Crippen LogP contribution is -2.35. The average Bonchev–Trinajstić information content (AvgIpc) is 2.94. The largest absolute Gasteiger partial charge is 0.268 e. The van der Waals surface area contributed by atoms with Gasteiger partial charge < -0.3 is 0 Å². The van der Waals surface area contributed by atoms with E-state index >= 15 is 0 Å². The highest BCUT2D eigenvalue weighted by Crippen LogP contribution is 2.38. The first-order valence-electron chi connectivity index (χ1n) is 11.9. The summed E-state index contributed by atoms with van der Waals surface area (Å²) in [6.45, 7) is 3.77. The number of rotatable bonds is 6. The molecule has 0 N–H and O–H groups in total. The van der Waals surface area contributed by atoms with Crippen LogP contribution in [0.15, 0.2) is 131 Å².